The van der Waals surface area contributed by atoms with E-state index >= 15 is 0 Å². The maximum Gasteiger partial charge on any atom is 0.154 e. The second-order valence-electron chi connectivity index (χ2n) is 2.47. The number of likely N-dealkylation sites (N-methyl/N-ethyl adjacent to an activating group) is 1. The summed E-state index contributed by atoms with van der Waals surface area (Å²) in [4.78, 5) is 3.69. The van der Waals surface area contributed by atoms with Crippen molar-refractivity contribution in [1.82, 2.24) is 9.80 Å². The van der Waals surface area contributed by atoms with Crippen LogP contribution in [0.15, 0.2) is 11.9 Å². The molecule has 0 aromatic carbocycles. The Bertz CT molecular complexity index is 157. The van der Waals surface area contributed by atoms with Crippen molar-refractivity contribution in [3.8, 4) is 0 Å². The molecule has 1 unspecified atom stereocenters. The second-order valence-corrected chi connectivity index (χ2v) is 2.47. The van der Waals surface area contributed by atoms with Gasteiger partial charge in [-0.05, 0) is 0 Å². The summed E-state index contributed by atoms with van der Waals surface area (Å²) in [6.07, 6.45) is 1.71. The summed E-state index contributed by atoms with van der Waals surface area (Å²) < 4.78 is 0. The van der Waals surface area contributed by atoms with Crippen LogP contribution in [-0.2, 0) is 0 Å². The van der Waals surface area contributed by atoms with E-state index in [0.717, 1.165) is 5.70 Å². The summed E-state index contributed by atoms with van der Waals surface area (Å²) in [5.74, 6) is 0. The zero-order valence-corrected chi connectivity index (χ0v) is 6.28. The molecule has 1 rings (SSSR count). The van der Waals surface area contributed by atoms with Gasteiger partial charge in [0.15, 0.2) is 6.29 Å². The minimum atomic E-state index is -0.123. The van der Waals surface area contributed by atoms with Crippen LogP contribution in [0.4, 0.5) is 0 Å². The predicted octanol–water partition coefficient (Wildman–Crippen LogP) is -1.06. The molecule has 0 amide bonds. The highest BCUT2D eigenvalue weighted by atomic mass is 16.3. The number of aliphatic hydroxyl groups excluding tert-OH is 1. The summed E-state index contributed by atoms with van der Waals surface area (Å²) in [6, 6.07) is 0. The Kier molecular flexibility index (Phi) is 1.82. The minimum absolute atomic E-state index is 0.0501. The van der Waals surface area contributed by atoms with Gasteiger partial charge in [-0.1, -0.05) is 0 Å². The van der Waals surface area contributed by atoms with Crippen LogP contribution in [0, 0.1) is 0 Å². The highest BCUT2D eigenvalue weighted by Crippen LogP contribution is 2.13. The van der Waals surface area contributed by atoms with E-state index in [1.807, 2.05) is 30.1 Å². The van der Waals surface area contributed by atoms with E-state index in [1.54, 1.807) is 0 Å². The molecule has 1 atom stereocenters. The van der Waals surface area contributed by atoms with Crippen molar-refractivity contribution in [3.63, 3.8) is 0 Å². The molecule has 0 saturated carbocycles. The summed E-state index contributed by atoms with van der Waals surface area (Å²) in [5, 5.41) is 8.78. The fourth-order valence-electron chi connectivity index (χ4n) is 0.998. The smallest absolute Gasteiger partial charge is 0.154 e. The standard InChI is InChI=1S/C6H13N3O/c1-8-3-5(4-10)9(2)6(8)7/h3,6,10H,4,7H2,1-2H3. The molecular weight excluding hydrogens is 130 g/mol. The van der Waals surface area contributed by atoms with Crippen LogP contribution in [0.3, 0.4) is 0 Å². The van der Waals surface area contributed by atoms with Gasteiger partial charge in [0.1, 0.15) is 0 Å². The molecule has 4 heteroatoms. The molecule has 1 heterocycles. The number of nitrogens with zero attached hydrogens (tertiary/aromatic N) is 2. The molecule has 1 aliphatic rings. The Morgan fingerprint density at radius 3 is 2.50 bits per heavy atom. The molecule has 0 radical (unpaired) electrons. The van der Waals surface area contributed by atoms with E-state index in [4.69, 9.17) is 10.8 Å². The number of nitrogens with two attached hydrogens (primary N) is 1. The van der Waals surface area contributed by atoms with E-state index in [9.17, 15) is 0 Å². The van der Waals surface area contributed by atoms with Crippen molar-refractivity contribution in [2.24, 2.45) is 5.73 Å². The van der Waals surface area contributed by atoms with Gasteiger partial charge in [0.25, 0.3) is 0 Å². The molecule has 58 valence electrons. The third kappa shape index (κ3) is 0.955. The van der Waals surface area contributed by atoms with Crippen molar-refractivity contribution in [2.75, 3.05) is 20.7 Å². The van der Waals surface area contributed by atoms with Gasteiger partial charge in [-0.25, -0.2) is 0 Å². The number of aliphatic hydroxyl groups is 1. The maximum absolute atomic E-state index is 8.78. The topological polar surface area (TPSA) is 52.7 Å². The quantitative estimate of drug-likeness (QED) is 0.491. The molecule has 0 aromatic heterocycles. The molecule has 0 aromatic rings. The molecule has 0 spiro atoms. The lowest BCUT2D eigenvalue weighted by Crippen LogP contribution is -2.43. The van der Waals surface area contributed by atoms with Crippen molar-refractivity contribution in [2.45, 2.75) is 6.29 Å². The molecule has 4 nitrogen and oxygen atoms in total. The number of rotatable bonds is 1. The van der Waals surface area contributed by atoms with Gasteiger partial charge in [-0.3, -0.25) is 5.73 Å². The molecular formula is C6H13N3O. The van der Waals surface area contributed by atoms with E-state index in [1.165, 1.54) is 0 Å². The first-order valence-electron chi connectivity index (χ1n) is 3.18. The summed E-state index contributed by atoms with van der Waals surface area (Å²) in [6.45, 7) is 0.0501. The van der Waals surface area contributed by atoms with Crippen LogP contribution in [0.5, 0.6) is 0 Å². The predicted molar refractivity (Wildman–Crippen MR) is 38.7 cm³/mol. The zero-order chi connectivity index (χ0) is 7.72. The lowest BCUT2D eigenvalue weighted by Gasteiger charge is -2.24. The first-order valence-corrected chi connectivity index (χ1v) is 3.18. The summed E-state index contributed by atoms with van der Waals surface area (Å²) in [5.41, 5.74) is 6.53. The molecule has 0 fully saturated rings. The zero-order valence-electron chi connectivity index (χ0n) is 6.28. The Morgan fingerprint density at radius 2 is 2.30 bits per heavy atom. The SMILES string of the molecule is CN1C=C(CO)N(C)C1N. The average molecular weight is 143 g/mol. The fraction of sp³-hybridized carbons (Fsp3) is 0.667. The monoisotopic (exact) mass is 143 g/mol. The number of hydrogen-bond donors (Lipinski definition) is 2. The van der Waals surface area contributed by atoms with Gasteiger partial charge in [0, 0.05) is 20.3 Å². The first-order chi connectivity index (χ1) is 4.66. The summed E-state index contributed by atoms with van der Waals surface area (Å²) in [7, 11) is 3.74. The van der Waals surface area contributed by atoms with Crippen LogP contribution < -0.4 is 5.73 Å². The van der Waals surface area contributed by atoms with Crippen LogP contribution in [0.2, 0.25) is 0 Å². The molecule has 0 aliphatic carbocycles. The van der Waals surface area contributed by atoms with Gasteiger partial charge < -0.3 is 14.9 Å². The largest absolute Gasteiger partial charge is 0.390 e. The Hall–Kier alpha value is -0.740. The van der Waals surface area contributed by atoms with Crippen LogP contribution in [-0.4, -0.2) is 41.9 Å². The highest BCUT2D eigenvalue weighted by molar-refractivity contribution is 5.06. The molecule has 0 saturated heterocycles. The van der Waals surface area contributed by atoms with Crippen LogP contribution in [0.1, 0.15) is 0 Å². The molecule has 10 heavy (non-hydrogen) atoms. The third-order valence-corrected chi connectivity index (χ3v) is 1.78. The lowest BCUT2D eigenvalue weighted by atomic mass is 10.5. The second kappa shape index (κ2) is 2.48. The lowest BCUT2D eigenvalue weighted by molar-refractivity contribution is 0.185. The Labute approximate surface area is 60.5 Å². The van der Waals surface area contributed by atoms with Gasteiger partial charge in [0.2, 0.25) is 0 Å². The van der Waals surface area contributed by atoms with Crippen LogP contribution in [0.25, 0.3) is 0 Å². The van der Waals surface area contributed by atoms with E-state index < -0.39 is 0 Å². The van der Waals surface area contributed by atoms with Gasteiger partial charge in [0.05, 0.1) is 12.3 Å². The van der Waals surface area contributed by atoms with Crippen molar-refractivity contribution in [3.05, 3.63) is 11.9 Å². The number of hydrogen-bond acceptors (Lipinski definition) is 4. The Balaban J connectivity index is 2.68. The molecule has 1 aliphatic heterocycles. The van der Waals surface area contributed by atoms with Gasteiger partial charge in [-0.2, -0.15) is 0 Å². The van der Waals surface area contributed by atoms with Gasteiger partial charge in [-0.15, -0.1) is 0 Å². The average Bonchev–Trinajstić information content (AvgIpc) is 2.17. The van der Waals surface area contributed by atoms with E-state index in [-0.39, 0.29) is 12.9 Å². The molecule has 3 N–H and O–H groups in total. The van der Waals surface area contributed by atoms with Crippen LogP contribution >= 0.6 is 0 Å². The molecule has 0 bridgehead atoms. The third-order valence-electron chi connectivity index (χ3n) is 1.78. The van der Waals surface area contributed by atoms with Gasteiger partial charge >= 0.3 is 0 Å². The fourth-order valence-corrected chi connectivity index (χ4v) is 0.998. The maximum atomic E-state index is 8.78. The van der Waals surface area contributed by atoms with Crippen molar-refractivity contribution >= 4 is 0 Å². The highest BCUT2D eigenvalue weighted by Gasteiger charge is 2.21. The first kappa shape index (κ1) is 7.37. The van der Waals surface area contributed by atoms with E-state index in [0.29, 0.717) is 0 Å². The minimum Gasteiger partial charge on any atom is -0.390 e. The normalized spacial score (nSPS) is 25.6. The van der Waals surface area contributed by atoms with Crippen molar-refractivity contribution < 1.29 is 5.11 Å². The Morgan fingerprint density at radius 1 is 1.70 bits per heavy atom. The van der Waals surface area contributed by atoms with Crippen molar-refractivity contribution in [1.29, 1.82) is 0 Å². The van der Waals surface area contributed by atoms with E-state index in [2.05, 4.69) is 0 Å². The summed E-state index contributed by atoms with van der Waals surface area (Å²) >= 11 is 0.